The molecule has 0 radical (unpaired) electrons. The Morgan fingerprint density at radius 3 is 2.50 bits per heavy atom. The van der Waals surface area contributed by atoms with Gasteiger partial charge in [-0.25, -0.2) is 4.98 Å². The number of carboxylic acid groups (broad SMARTS) is 1. The first-order chi connectivity index (χ1) is 21.0. The molecule has 1 aromatic heterocycles. The Kier molecular flexibility index (Phi) is 11.3. The number of nitrogens with zero attached hydrogens (tertiary/aromatic N) is 1. The third-order valence-electron chi connectivity index (χ3n) is 7.83. The number of fused-ring (bicyclic) bond motifs is 1. The number of carboxylic acids is 1. The molecule has 0 unspecified atom stereocenters. The van der Waals surface area contributed by atoms with Crippen molar-refractivity contribution in [3.05, 3.63) is 125 Å². The van der Waals surface area contributed by atoms with Gasteiger partial charge in [-0.3, -0.25) is 4.79 Å². The molecule has 1 aliphatic rings. The van der Waals surface area contributed by atoms with Gasteiger partial charge in [0.15, 0.2) is 0 Å². The number of aromatic nitrogens is 1. The number of carbonyl (C=O) groups is 1. The Labute approximate surface area is 269 Å². The molecular weight excluding hydrogens is 590 g/mol. The van der Waals surface area contributed by atoms with E-state index >= 15 is 0 Å². The molecule has 1 atom stereocenters. The van der Waals surface area contributed by atoms with Crippen LogP contribution in [0.3, 0.4) is 0 Å². The molecular formula is C37H40ClNO4S. The van der Waals surface area contributed by atoms with E-state index < -0.39 is 11.6 Å². The Balaban J connectivity index is 0.00000141. The van der Waals surface area contributed by atoms with E-state index in [0.29, 0.717) is 5.02 Å². The molecule has 1 heterocycles. The van der Waals surface area contributed by atoms with Crippen molar-refractivity contribution < 1.29 is 20.1 Å². The monoisotopic (exact) mass is 629 g/mol. The Hall–Kier alpha value is -3.58. The maximum atomic E-state index is 11.5. The summed E-state index contributed by atoms with van der Waals surface area (Å²) in [5.41, 5.74) is 5.15. The van der Waals surface area contributed by atoms with Gasteiger partial charge in [0.2, 0.25) is 0 Å². The van der Waals surface area contributed by atoms with Crippen LogP contribution in [-0.4, -0.2) is 32.0 Å². The minimum atomic E-state index is -0.911. The summed E-state index contributed by atoms with van der Waals surface area (Å²) in [6.07, 6.45) is 8.77. The quantitative estimate of drug-likeness (QED) is 0.135. The summed E-state index contributed by atoms with van der Waals surface area (Å²) in [6.45, 7) is 6.57. The van der Waals surface area contributed by atoms with Gasteiger partial charge in [-0.1, -0.05) is 84.9 Å². The van der Waals surface area contributed by atoms with E-state index in [4.69, 9.17) is 21.7 Å². The zero-order valence-corrected chi connectivity index (χ0v) is 26.8. The van der Waals surface area contributed by atoms with Gasteiger partial charge >= 0.3 is 5.97 Å². The molecule has 3 aromatic carbocycles. The number of aryl methyl sites for hydroxylation is 1. The van der Waals surface area contributed by atoms with Gasteiger partial charge in [0.1, 0.15) is 0 Å². The van der Waals surface area contributed by atoms with Crippen LogP contribution in [0, 0.1) is 5.41 Å². The second-order valence-corrected chi connectivity index (χ2v) is 13.5. The normalized spacial score (nSPS) is 14.5. The summed E-state index contributed by atoms with van der Waals surface area (Å²) < 4.78 is 0. The molecule has 4 aromatic rings. The summed E-state index contributed by atoms with van der Waals surface area (Å²) in [5.74, 6) is 0.122. The van der Waals surface area contributed by atoms with E-state index in [1.807, 2.05) is 74.1 Å². The highest BCUT2D eigenvalue weighted by atomic mass is 35.5. The van der Waals surface area contributed by atoms with Gasteiger partial charge in [-0.05, 0) is 91.5 Å². The minimum Gasteiger partial charge on any atom is -0.516 e. The number of pyridine rings is 1. The first-order valence-electron chi connectivity index (χ1n) is 14.8. The van der Waals surface area contributed by atoms with Gasteiger partial charge in [0, 0.05) is 21.4 Å². The lowest BCUT2D eigenvalue weighted by Gasteiger charge is -2.24. The average molecular weight is 630 g/mol. The number of aliphatic hydroxyl groups excluding tert-OH is 1. The van der Waals surface area contributed by atoms with E-state index in [1.165, 1.54) is 5.56 Å². The fraction of sp³-hybridized carbons (Fsp3) is 0.297. The Bertz CT molecular complexity index is 1620. The van der Waals surface area contributed by atoms with Crippen LogP contribution in [0.2, 0.25) is 5.02 Å². The average Bonchev–Trinajstić information content (AvgIpc) is 3.74. The third kappa shape index (κ3) is 9.46. The topological polar surface area (TPSA) is 90.7 Å². The molecule has 5 nitrogen and oxygen atoms in total. The molecule has 0 bridgehead atoms. The van der Waals surface area contributed by atoms with Crippen molar-refractivity contribution >= 4 is 52.4 Å². The molecule has 1 saturated carbocycles. The predicted molar refractivity (Wildman–Crippen MR) is 184 cm³/mol. The summed E-state index contributed by atoms with van der Waals surface area (Å²) in [7, 11) is 0. The Morgan fingerprint density at radius 2 is 1.80 bits per heavy atom. The van der Waals surface area contributed by atoms with Crippen molar-refractivity contribution in [1.82, 2.24) is 4.98 Å². The van der Waals surface area contributed by atoms with Crippen LogP contribution in [0.5, 0.6) is 0 Å². The highest BCUT2D eigenvalue weighted by Crippen LogP contribution is 2.53. The van der Waals surface area contributed by atoms with Gasteiger partial charge in [-0.15, -0.1) is 0 Å². The fourth-order valence-electron chi connectivity index (χ4n) is 5.36. The molecule has 5 rings (SSSR count). The number of aliphatic hydroxyl groups is 2. The summed E-state index contributed by atoms with van der Waals surface area (Å²) >= 11 is 8.04. The van der Waals surface area contributed by atoms with E-state index in [9.17, 15) is 15.0 Å². The van der Waals surface area contributed by atoms with Crippen molar-refractivity contribution in [2.75, 3.05) is 5.75 Å². The third-order valence-corrected chi connectivity index (χ3v) is 9.76. The first-order valence-corrected chi connectivity index (χ1v) is 16.2. The lowest BCUT2D eigenvalue weighted by Crippen LogP contribution is -2.18. The number of benzene rings is 3. The van der Waals surface area contributed by atoms with Crippen molar-refractivity contribution in [3.63, 3.8) is 0 Å². The van der Waals surface area contributed by atoms with Crippen LogP contribution < -0.4 is 0 Å². The highest BCUT2D eigenvalue weighted by Gasteiger charge is 2.44. The van der Waals surface area contributed by atoms with E-state index in [-0.39, 0.29) is 17.1 Å². The Morgan fingerprint density at radius 1 is 1.07 bits per heavy atom. The zero-order valence-electron chi connectivity index (χ0n) is 25.2. The SMILES string of the molecule is C=CO.CC(C)(O)c1ccccc1CC[C@@H](SCC1(CC(=O)O)CC1)c1cccc(C=Cc2ccc3ccc(Cl)cc3n2)c1. The second kappa shape index (κ2) is 14.9. The molecule has 0 aliphatic heterocycles. The molecule has 1 fully saturated rings. The van der Waals surface area contributed by atoms with E-state index in [1.54, 1.807) is 0 Å². The van der Waals surface area contributed by atoms with Crippen molar-refractivity contribution in [2.24, 2.45) is 5.41 Å². The zero-order chi connectivity index (χ0) is 31.7. The van der Waals surface area contributed by atoms with Crippen LogP contribution in [0.4, 0.5) is 0 Å². The van der Waals surface area contributed by atoms with Gasteiger partial charge in [0.05, 0.1) is 29.5 Å². The van der Waals surface area contributed by atoms with E-state index in [2.05, 4.69) is 49.1 Å². The van der Waals surface area contributed by atoms with Crippen molar-refractivity contribution in [2.45, 2.75) is 56.8 Å². The molecule has 3 N–H and O–H groups in total. The van der Waals surface area contributed by atoms with Gasteiger partial charge in [0.25, 0.3) is 0 Å². The van der Waals surface area contributed by atoms with E-state index in [0.717, 1.165) is 71.0 Å². The van der Waals surface area contributed by atoms with Gasteiger partial charge in [-0.2, -0.15) is 11.8 Å². The van der Waals surface area contributed by atoms with Gasteiger partial charge < -0.3 is 15.3 Å². The number of halogens is 1. The number of aliphatic carboxylic acids is 1. The highest BCUT2D eigenvalue weighted by molar-refractivity contribution is 7.99. The maximum Gasteiger partial charge on any atom is 0.303 e. The van der Waals surface area contributed by atoms with Crippen molar-refractivity contribution in [3.8, 4) is 0 Å². The largest absolute Gasteiger partial charge is 0.516 e. The minimum absolute atomic E-state index is 0.0814. The van der Waals surface area contributed by atoms with Crippen LogP contribution in [0.15, 0.2) is 91.7 Å². The fourth-order valence-corrected chi connectivity index (χ4v) is 7.09. The number of thioether (sulfide) groups is 1. The summed E-state index contributed by atoms with van der Waals surface area (Å²) in [6, 6.07) is 26.5. The lowest BCUT2D eigenvalue weighted by molar-refractivity contribution is -0.138. The molecule has 44 heavy (non-hydrogen) atoms. The number of rotatable bonds is 12. The molecule has 0 spiro atoms. The standard InChI is InChI=1S/C35H36ClNO3S.C2H4O/c1-34(2,40)30-9-4-3-7-25(30)13-17-32(41-23-35(18-19-35)22-33(38)39)27-8-5-6-24(20-27)10-15-29-16-12-26-11-14-28(36)21-31(26)37-29;1-2-3/h3-12,14-16,20-21,32,40H,13,17-19,22-23H2,1-2H3,(H,38,39);2-3H,1H2/t32-;/m1./s1. The maximum absolute atomic E-state index is 11.5. The van der Waals surface area contributed by atoms with Crippen LogP contribution in [0.1, 0.15) is 72.7 Å². The first kappa shape index (κ1) is 33.3. The molecule has 1 aliphatic carbocycles. The van der Waals surface area contributed by atoms with Crippen molar-refractivity contribution in [1.29, 1.82) is 0 Å². The predicted octanol–water partition coefficient (Wildman–Crippen LogP) is 9.64. The van der Waals surface area contributed by atoms with Crippen LogP contribution >= 0.6 is 23.4 Å². The smallest absolute Gasteiger partial charge is 0.303 e. The van der Waals surface area contributed by atoms with Crippen LogP contribution in [-0.2, 0) is 16.8 Å². The summed E-state index contributed by atoms with van der Waals surface area (Å²) in [4.78, 5) is 16.2. The molecule has 230 valence electrons. The molecule has 0 amide bonds. The number of hydrogen-bond acceptors (Lipinski definition) is 5. The second-order valence-electron chi connectivity index (χ2n) is 11.9. The van der Waals surface area contributed by atoms with Crippen LogP contribution in [0.25, 0.3) is 23.1 Å². The molecule has 7 heteroatoms. The lowest BCUT2D eigenvalue weighted by atomic mass is 9.90. The molecule has 0 saturated heterocycles. The number of hydrogen-bond donors (Lipinski definition) is 3. The summed E-state index contributed by atoms with van der Waals surface area (Å²) in [5, 5.41) is 29.4.